The van der Waals surface area contributed by atoms with E-state index in [4.69, 9.17) is 9.47 Å². The van der Waals surface area contributed by atoms with E-state index in [0.717, 1.165) is 11.4 Å². The number of nitrogens with one attached hydrogen (secondary N) is 1. The van der Waals surface area contributed by atoms with E-state index in [1.807, 2.05) is 36.9 Å². The number of para-hydroxylation sites is 1. The van der Waals surface area contributed by atoms with Crippen molar-refractivity contribution in [3.63, 3.8) is 0 Å². The molecule has 0 radical (unpaired) electrons. The second-order valence-corrected chi connectivity index (χ2v) is 4.78. The Bertz CT molecular complexity index is 460. The number of carbonyl (C=O) groups excluding carboxylic acids is 1. The lowest BCUT2D eigenvalue weighted by atomic mass is 10.1. The van der Waals surface area contributed by atoms with Gasteiger partial charge in [-0.25, -0.2) is 0 Å². The molecule has 1 amide bonds. The van der Waals surface area contributed by atoms with Crippen molar-refractivity contribution in [1.29, 1.82) is 0 Å². The van der Waals surface area contributed by atoms with Gasteiger partial charge in [0.05, 0.1) is 24.9 Å². The van der Waals surface area contributed by atoms with Crippen LogP contribution in [0.3, 0.4) is 0 Å². The Hall–Kier alpha value is -1.75. The van der Waals surface area contributed by atoms with Gasteiger partial charge < -0.3 is 19.7 Å². The molecule has 0 saturated heterocycles. The van der Waals surface area contributed by atoms with Gasteiger partial charge in [0.25, 0.3) is 0 Å². The normalized spacial score (nSPS) is 14.3. The molecule has 2 rings (SSSR count). The van der Waals surface area contributed by atoms with Gasteiger partial charge in [-0.3, -0.25) is 4.79 Å². The minimum atomic E-state index is -0.0246. The van der Waals surface area contributed by atoms with Gasteiger partial charge in [0.2, 0.25) is 5.91 Å². The summed E-state index contributed by atoms with van der Waals surface area (Å²) in [6.07, 6.45) is 0.0674. The number of nitrogens with zero attached hydrogens (tertiary/aromatic N) is 1. The highest BCUT2D eigenvalue weighted by Crippen LogP contribution is 2.37. The van der Waals surface area contributed by atoms with E-state index in [0.29, 0.717) is 25.4 Å². The highest BCUT2D eigenvalue weighted by atomic mass is 16.5. The third-order valence-corrected chi connectivity index (χ3v) is 2.87. The van der Waals surface area contributed by atoms with Crippen LogP contribution in [0.25, 0.3) is 0 Å². The average molecular weight is 264 g/mol. The number of anilines is 2. The summed E-state index contributed by atoms with van der Waals surface area (Å²) in [6.45, 7) is 5.55. The molecule has 0 unspecified atom stereocenters. The van der Waals surface area contributed by atoms with Crippen LogP contribution in [-0.4, -0.2) is 38.8 Å². The van der Waals surface area contributed by atoms with Crippen molar-refractivity contribution in [2.45, 2.75) is 20.0 Å². The highest BCUT2D eigenvalue weighted by molar-refractivity contribution is 6.03. The molecular weight excluding hydrogens is 244 g/mol. The largest absolute Gasteiger partial charge is 0.489 e. The van der Waals surface area contributed by atoms with E-state index in [1.165, 1.54) is 0 Å². The SMILES string of the molecule is COCCN1CC(=O)Nc2c(OC(C)C)cccc21. The number of hydrogen-bond donors (Lipinski definition) is 1. The van der Waals surface area contributed by atoms with Crippen molar-refractivity contribution in [2.75, 3.05) is 37.0 Å². The van der Waals surface area contributed by atoms with E-state index in [-0.39, 0.29) is 12.0 Å². The first-order valence-electron chi connectivity index (χ1n) is 6.45. The molecule has 0 aromatic heterocycles. The van der Waals surface area contributed by atoms with Crippen LogP contribution >= 0.6 is 0 Å². The molecule has 1 heterocycles. The zero-order valence-electron chi connectivity index (χ0n) is 11.6. The summed E-state index contributed by atoms with van der Waals surface area (Å²) >= 11 is 0. The Kier molecular flexibility index (Phi) is 4.27. The second kappa shape index (κ2) is 5.93. The maximum atomic E-state index is 11.8. The number of carbonyl (C=O) groups is 1. The van der Waals surface area contributed by atoms with Crippen molar-refractivity contribution in [2.24, 2.45) is 0 Å². The lowest BCUT2D eigenvalue weighted by molar-refractivity contribution is -0.115. The Balaban J connectivity index is 2.31. The standard InChI is InChI=1S/C14H20N2O3/c1-10(2)19-12-6-4-5-11-14(12)15-13(17)9-16(11)7-8-18-3/h4-6,10H,7-9H2,1-3H3,(H,15,17). The molecule has 1 aliphatic rings. The molecule has 0 fully saturated rings. The Morgan fingerprint density at radius 3 is 2.89 bits per heavy atom. The number of amides is 1. The Labute approximate surface area is 113 Å². The smallest absolute Gasteiger partial charge is 0.244 e. The third kappa shape index (κ3) is 3.17. The summed E-state index contributed by atoms with van der Waals surface area (Å²) in [5.41, 5.74) is 1.73. The van der Waals surface area contributed by atoms with Crippen LogP contribution in [0.5, 0.6) is 5.75 Å². The number of hydrogen-bond acceptors (Lipinski definition) is 4. The van der Waals surface area contributed by atoms with Crippen molar-refractivity contribution in [3.05, 3.63) is 18.2 Å². The summed E-state index contributed by atoms with van der Waals surface area (Å²) in [5.74, 6) is 0.686. The number of benzene rings is 1. The molecule has 0 atom stereocenters. The predicted molar refractivity (Wildman–Crippen MR) is 74.9 cm³/mol. The average Bonchev–Trinajstić information content (AvgIpc) is 2.36. The van der Waals surface area contributed by atoms with Crippen LogP contribution in [0.1, 0.15) is 13.8 Å². The van der Waals surface area contributed by atoms with Crippen LogP contribution in [-0.2, 0) is 9.53 Å². The minimum absolute atomic E-state index is 0.0246. The molecule has 5 nitrogen and oxygen atoms in total. The van der Waals surface area contributed by atoms with Crippen molar-refractivity contribution in [3.8, 4) is 5.75 Å². The molecule has 104 valence electrons. The molecule has 5 heteroatoms. The van der Waals surface area contributed by atoms with Crippen molar-refractivity contribution < 1.29 is 14.3 Å². The molecule has 0 saturated carbocycles. The van der Waals surface area contributed by atoms with Crippen molar-refractivity contribution >= 4 is 17.3 Å². The molecule has 0 bridgehead atoms. The molecule has 1 aromatic rings. The van der Waals surface area contributed by atoms with E-state index in [9.17, 15) is 4.79 Å². The van der Waals surface area contributed by atoms with Gasteiger partial charge in [-0.1, -0.05) is 6.07 Å². The number of fused-ring (bicyclic) bond motifs is 1. The van der Waals surface area contributed by atoms with Crippen LogP contribution in [0.15, 0.2) is 18.2 Å². The van der Waals surface area contributed by atoms with Gasteiger partial charge in [0.1, 0.15) is 11.4 Å². The van der Waals surface area contributed by atoms with Gasteiger partial charge >= 0.3 is 0 Å². The number of rotatable bonds is 5. The highest BCUT2D eigenvalue weighted by Gasteiger charge is 2.24. The maximum Gasteiger partial charge on any atom is 0.244 e. The first kappa shape index (κ1) is 13.7. The van der Waals surface area contributed by atoms with Gasteiger partial charge in [-0.2, -0.15) is 0 Å². The first-order valence-corrected chi connectivity index (χ1v) is 6.45. The van der Waals surface area contributed by atoms with Crippen LogP contribution < -0.4 is 15.0 Å². The lowest BCUT2D eigenvalue weighted by Crippen LogP contribution is -2.40. The molecule has 1 aromatic carbocycles. The summed E-state index contributed by atoms with van der Waals surface area (Å²) in [6, 6.07) is 5.80. The zero-order valence-corrected chi connectivity index (χ0v) is 11.6. The van der Waals surface area contributed by atoms with E-state index in [1.54, 1.807) is 7.11 Å². The molecule has 1 N–H and O–H groups in total. The summed E-state index contributed by atoms with van der Waals surface area (Å²) in [5, 5.41) is 2.89. The fourth-order valence-corrected chi connectivity index (χ4v) is 2.10. The monoisotopic (exact) mass is 264 g/mol. The van der Waals surface area contributed by atoms with E-state index in [2.05, 4.69) is 5.32 Å². The maximum absolute atomic E-state index is 11.8. The van der Waals surface area contributed by atoms with Crippen LogP contribution in [0.4, 0.5) is 11.4 Å². The molecule has 0 spiro atoms. The third-order valence-electron chi connectivity index (χ3n) is 2.87. The molecule has 1 aliphatic heterocycles. The second-order valence-electron chi connectivity index (χ2n) is 4.78. The summed E-state index contributed by atoms with van der Waals surface area (Å²) in [7, 11) is 1.66. The van der Waals surface area contributed by atoms with Gasteiger partial charge in [0.15, 0.2) is 0 Å². The molecular formula is C14H20N2O3. The molecule has 0 aliphatic carbocycles. The van der Waals surface area contributed by atoms with Gasteiger partial charge in [-0.15, -0.1) is 0 Å². The Morgan fingerprint density at radius 1 is 1.42 bits per heavy atom. The predicted octanol–water partition coefficient (Wildman–Crippen LogP) is 1.88. The number of methoxy groups -OCH3 is 1. The van der Waals surface area contributed by atoms with E-state index >= 15 is 0 Å². The van der Waals surface area contributed by atoms with Crippen molar-refractivity contribution in [1.82, 2.24) is 0 Å². The lowest BCUT2D eigenvalue weighted by Gasteiger charge is -2.32. The quantitative estimate of drug-likeness (QED) is 0.882. The topological polar surface area (TPSA) is 50.8 Å². The van der Waals surface area contributed by atoms with Gasteiger partial charge in [-0.05, 0) is 26.0 Å². The summed E-state index contributed by atoms with van der Waals surface area (Å²) < 4.78 is 10.8. The fourth-order valence-electron chi connectivity index (χ4n) is 2.10. The fraction of sp³-hybridized carbons (Fsp3) is 0.500. The van der Waals surface area contributed by atoms with E-state index < -0.39 is 0 Å². The summed E-state index contributed by atoms with van der Waals surface area (Å²) in [4.78, 5) is 13.8. The Morgan fingerprint density at radius 2 is 2.21 bits per heavy atom. The first-order chi connectivity index (χ1) is 9.11. The number of ether oxygens (including phenoxy) is 2. The molecule has 19 heavy (non-hydrogen) atoms. The van der Waals surface area contributed by atoms with Crippen LogP contribution in [0, 0.1) is 0 Å². The van der Waals surface area contributed by atoms with Crippen LogP contribution in [0.2, 0.25) is 0 Å². The zero-order chi connectivity index (χ0) is 13.8. The van der Waals surface area contributed by atoms with Gasteiger partial charge in [0, 0.05) is 13.7 Å². The minimum Gasteiger partial charge on any atom is -0.489 e.